The summed E-state index contributed by atoms with van der Waals surface area (Å²) in [6.45, 7) is 10.1. The van der Waals surface area contributed by atoms with Gasteiger partial charge in [-0.3, -0.25) is 9.69 Å². The largest absolute Gasteiger partial charge is 0.480 e. The Balaban J connectivity index is 3.01. The highest BCUT2D eigenvalue weighted by atomic mass is 16.4. The van der Waals surface area contributed by atoms with Crippen LogP contribution in [-0.2, 0) is 4.79 Å². The molecule has 1 N–H and O–H groups in total. The number of aliphatic carboxylic acids is 1. The van der Waals surface area contributed by atoms with E-state index in [1.54, 1.807) is 0 Å². The van der Waals surface area contributed by atoms with Gasteiger partial charge in [-0.2, -0.15) is 0 Å². The monoisotopic (exact) mass is 263 g/mol. The van der Waals surface area contributed by atoms with Crippen molar-refractivity contribution >= 4 is 5.97 Å². The Morgan fingerprint density at radius 2 is 1.53 bits per heavy atom. The maximum Gasteiger partial charge on any atom is 0.325 e. The molecule has 0 saturated carbocycles. The highest BCUT2D eigenvalue weighted by Crippen LogP contribution is 2.23. The van der Waals surface area contributed by atoms with Crippen LogP contribution in [0.5, 0.6) is 0 Å². The van der Waals surface area contributed by atoms with Crippen molar-refractivity contribution in [1.82, 2.24) is 4.90 Å². The Hall–Kier alpha value is -1.35. The van der Waals surface area contributed by atoms with Crippen molar-refractivity contribution < 1.29 is 9.90 Å². The van der Waals surface area contributed by atoms with Crippen molar-refractivity contribution in [2.75, 3.05) is 13.1 Å². The molecule has 1 aromatic rings. The number of hydrogen-bond acceptors (Lipinski definition) is 2. The summed E-state index contributed by atoms with van der Waals surface area (Å²) in [5, 5.41) is 9.58. The van der Waals surface area contributed by atoms with Crippen LogP contribution in [0.1, 0.15) is 39.3 Å². The molecule has 0 heterocycles. The third-order valence-electron chi connectivity index (χ3n) is 2.91. The predicted octanol–water partition coefficient (Wildman–Crippen LogP) is 3.43. The normalized spacial score (nSPS) is 13.2. The Morgan fingerprint density at radius 3 is 1.89 bits per heavy atom. The van der Waals surface area contributed by atoms with Crippen molar-refractivity contribution in [2.45, 2.75) is 33.7 Å². The summed E-state index contributed by atoms with van der Waals surface area (Å²) >= 11 is 0. The molecule has 1 rings (SSSR count). The van der Waals surface area contributed by atoms with E-state index < -0.39 is 12.0 Å². The van der Waals surface area contributed by atoms with Gasteiger partial charge in [0.1, 0.15) is 6.04 Å². The highest BCUT2D eigenvalue weighted by molar-refractivity contribution is 5.75. The number of carboxylic acid groups (broad SMARTS) is 1. The van der Waals surface area contributed by atoms with Gasteiger partial charge < -0.3 is 5.11 Å². The van der Waals surface area contributed by atoms with Gasteiger partial charge in [-0.25, -0.2) is 0 Å². The standard InChI is InChI=1S/C16H25NO2/c1-12(2)10-17(11-13(3)4)15(16(18)19)14-8-6-5-7-9-14/h5-9,12-13,15H,10-11H2,1-4H3,(H,18,19)/t15-/m1/s1. The molecule has 0 bridgehead atoms. The highest BCUT2D eigenvalue weighted by Gasteiger charge is 2.28. The van der Waals surface area contributed by atoms with E-state index in [9.17, 15) is 9.90 Å². The zero-order valence-corrected chi connectivity index (χ0v) is 12.3. The first-order valence-corrected chi connectivity index (χ1v) is 6.93. The summed E-state index contributed by atoms with van der Waals surface area (Å²) in [4.78, 5) is 13.7. The molecule has 0 aliphatic heterocycles. The van der Waals surface area contributed by atoms with E-state index in [2.05, 4.69) is 32.6 Å². The molecule has 3 nitrogen and oxygen atoms in total. The average molecular weight is 263 g/mol. The lowest BCUT2D eigenvalue weighted by molar-refractivity contribution is -0.144. The van der Waals surface area contributed by atoms with E-state index in [0.717, 1.165) is 18.7 Å². The minimum atomic E-state index is -0.771. The Labute approximate surface area is 116 Å². The minimum Gasteiger partial charge on any atom is -0.480 e. The quantitative estimate of drug-likeness (QED) is 0.819. The van der Waals surface area contributed by atoms with Crippen molar-refractivity contribution in [3.63, 3.8) is 0 Å². The Bertz CT molecular complexity index is 377. The van der Waals surface area contributed by atoms with Crippen LogP contribution in [0, 0.1) is 11.8 Å². The smallest absolute Gasteiger partial charge is 0.325 e. The van der Waals surface area contributed by atoms with Gasteiger partial charge in [-0.15, -0.1) is 0 Å². The number of nitrogens with zero attached hydrogens (tertiary/aromatic N) is 1. The molecule has 19 heavy (non-hydrogen) atoms. The fourth-order valence-electron chi connectivity index (χ4n) is 2.37. The summed E-state index contributed by atoms with van der Waals surface area (Å²) in [6.07, 6.45) is 0. The first kappa shape index (κ1) is 15.7. The van der Waals surface area contributed by atoms with Crippen LogP contribution in [0.4, 0.5) is 0 Å². The SMILES string of the molecule is CC(C)CN(CC(C)C)[C@@H](C(=O)O)c1ccccc1. The number of rotatable bonds is 7. The molecule has 0 aliphatic rings. The lowest BCUT2D eigenvalue weighted by Crippen LogP contribution is -2.39. The van der Waals surface area contributed by atoms with Crippen LogP contribution in [0.3, 0.4) is 0 Å². The lowest BCUT2D eigenvalue weighted by Gasteiger charge is -2.32. The fourth-order valence-corrected chi connectivity index (χ4v) is 2.37. The van der Waals surface area contributed by atoms with Crippen molar-refractivity contribution in [1.29, 1.82) is 0 Å². The van der Waals surface area contributed by atoms with Gasteiger partial charge in [-0.1, -0.05) is 58.0 Å². The second-order valence-corrected chi connectivity index (χ2v) is 5.89. The first-order chi connectivity index (χ1) is 8.91. The average Bonchev–Trinajstić information content (AvgIpc) is 2.28. The third-order valence-corrected chi connectivity index (χ3v) is 2.91. The number of carbonyl (C=O) groups is 1. The zero-order valence-electron chi connectivity index (χ0n) is 12.3. The molecule has 0 fully saturated rings. The molecule has 0 unspecified atom stereocenters. The van der Waals surface area contributed by atoms with Crippen LogP contribution < -0.4 is 0 Å². The van der Waals surface area contributed by atoms with Gasteiger partial charge >= 0.3 is 5.97 Å². The van der Waals surface area contributed by atoms with E-state index in [1.807, 2.05) is 30.3 Å². The zero-order chi connectivity index (χ0) is 14.4. The molecule has 1 aromatic carbocycles. The molecular formula is C16H25NO2. The predicted molar refractivity (Wildman–Crippen MR) is 78.1 cm³/mol. The van der Waals surface area contributed by atoms with Crippen molar-refractivity contribution in [3.8, 4) is 0 Å². The molecule has 0 aromatic heterocycles. The van der Waals surface area contributed by atoms with Gasteiger partial charge in [0, 0.05) is 13.1 Å². The maximum absolute atomic E-state index is 11.7. The molecule has 0 amide bonds. The number of hydrogen-bond donors (Lipinski definition) is 1. The summed E-state index contributed by atoms with van der Waals surface area (Å²) in [5.41, 5.74) is 0.858. The van der Waals surface area contributed by atoms with Crippen LogP contribution >= 0.6 is 0 Å². The van der Waals surface area contributed by atoms with Crippen molar-refractivity contribution in [2.24, 2.45) is 11.8 Å². The number of benzene rings is 1. The van der Waals surface area contributed by atoms with Crippen LogP contribution in [-0.4, -0.2) is 29.1 Å². The Kier molecular flexibility index (Phi) is 6.03. The van der Waals surface area contributed by atoms with Gasteiger partial charge in [0.2, 0.25) is 0 Å². The molecule has 0 aliphatic carbocycles. The second kappa shape index (κ2) is 7.29. The minimum absolute atomic E-state index is 0.448. The van der Waals surface area contributed by atoms with Crippen molar-refractivity contribution in [3.05, 3.63) is 35.9 Å². The van der Waals surface area contributed by atoms with Gasteiger partial charge in [-0.05, 0) is 17.4 Å². The third kappa shape index (κ3) is 5.03. The van der Waals surface area contributed by atoms with Crippen LogP contribution in [0.2, 0.25) is 0 Å². The van der Waals surface area contributed by atoms with Crippen LogP contribution in [0.15, 0.2) is 30.3 Å². The summed E-state index contributed by atoms with van der Waals surface area (Å²) in [5.74, 6) is 0.126. The van der Waals surface area contributed by atoms with E-state index in [4.69, 9.17) is 0 Å². The lowest BCUT2D eigenvalue weighted by atomic mass is 10.0. The van der Waals surface area contributed by atoms with E-state index in [0.29, 0.717) is 11.8 Å². The molecule has 0 saturated heterocycles. The topological polar surface area (TPSA) is 40.5 Å². The summed E-state index contributed by atoms with van der Waals surface area (Å²) < 4.78 is 0. The van der Waals surface area contributed by atoms with E-state index >= 15 is 0 Å². The summed E-state index contributed by atoms with van der Waals surface area (Å²) in [6, 6.07) is 8.95. The molecule has 0 spiro atoms. The van der Waals surface area contributed by atoms with Gasteiger partial charge in [0.05, 0.1) is 0 Å². The van der Waals surface area contributed by atoms with Gasteiger partial charge in [0.25, 0.3) is 0 Å². The van der Waals surface area contributed by atoms with E-state index in [-0.39, 0.29) is 0 Å². The molecule has 1 atom stereocenters. The number of carboxylic acids is 1. The molecule has 0 radical (unpaired) electrons. The maximum atomic E-state index is 11.7. The van der Waals surface area contributed by atoms with E-state index in [1.165, 1.54) is 0 Å². The fraction of sp³-hybridized carbons (Fsp3) is 0.562. The molecule has 3 heteroatoms. The second-order valence-electron chi connectivity index (χ2n) is 5.89. The molecular weight excluding hydrogens is 238 g/mol. The van der Waals surface area contributed by atoms with Crippen LogP contribution in [0.25, 0.3) is 0 Å². The first-order valence-electron chi connectivity index (χ1n) is 6.93. The Morgan fingerprint density at radius 1 is 1.05 bits per heavy atom. The summed E-state index contributed by atoms with van der Waals surface area (Å²) in [7, 11) is 0. The molecule has 106 valence electrons. The van der Waals surface area contributed by atoms with Gasteiger partial charge in [0.15, 0.2) is 0 Å².